The van der Waals surface area contributed by atoms with E-state index in [1.807, 2.05) is 12.2 Å². The van der Waals surface area contributed by atoms with E-state index in [-0.39, 0.29) is 11.3 Å². The summed E-state index contributed by atoms with van der Waals surface area (Å²) in [6.45, 7) is 0. The fourth-order valence-electron chi connectivity index (χ4n) is 1.14. The number of carbonyl (C=O) groups is 1. The summed E-state index contributed by atoms with van der Waals surface area (Å²) in [5.74, 6) is -0.186. The lowest BCUT2D eigenvalue weighted by atomic mass is 10.1. The van der Waals surface area contributed by atoms with Crippen molar-refractivity contribution in [2.75, 3.05) is 5.88 Å². The van der Waals surface area contributed by atoms with E-state index in [1.165, 1.54) is 6.07 Å². The summed E-state index contributed by atoms with van der Waals surface area (Å²) in [7, 11) is 0. The molecule has 0 radical (unpaired) electrons. The van der Waals surface area contributed by atoms with E-state index >= 15 is 0 Å². The molecule has 0 unspecified atom stereocenters. The zero-order valence-electron chi connectivity index (χ0n) is 8.11. The molecule has 0 atom stereocenters. The van der Waals surface area contributed by atoms with E-state index in [0.29, 0.717) is 5.88 Å². The van der Waals surface area contributed by atoms with Gasteiger partial charge in [0.15, 0.2) is 0 Å². The third kappa shape index (κ3) is 3.29. The normalized spacial score (nSPS) is 10.7. The van der Waals surface area contributed by atoms with E-state index in [4.69, 9.17) is 17.3 Å². The quantitative estimate of drug-likeness (QED) is 0.772. The van der Waals surface area contributed by atoms with Gasteiger partial charge in [0, 0.05) is 5.88 Å². The van der Waals surface area contributed by atoms with Gasteiger partial charge in [0.1, 0.15) is 5.75 Å². The minimum Gasteiger partial charge on any atom is -0.507 e. The zero-order chi connectivity index (χ0) is 11.3. The first-order valence-corrected chi connectivity index (χ1v) is 5.04. The lowest BCUT2D eigenvalue weighted by molar-refractivity contribution is 0.0998. The van der Waals surface area contributed by atoms with Crippen LogP contribution in [0.1, 0.15) is 22.3 Å². The molecule has 3 nitrogen and oxygen atoms in total. The number of allylic oxidation sites excluding steroid dienone is 1. The minimum absolute atomic E-state index is 0.100. The molecule has 0 bridgehead atoms. The van der Waals surface area contributed by atoms with E-state index in [9.17, 15) is 9.90 Å². The van der Waals surface area contributed by atoms with E-state index in [0.717, 1.165) is 12.0 Å². The maximum absolute atomic E-state index is 10.9. The molecular formula is C11H12ClNO2. The first-order valence-electron chi connectivity index (χ1n) is 4.50. The maximum atomic E-state index is 10.9. The molecule has 15 heavy (non-hydrogen) atoms. The van der Waals surface area contributed by atoms with Gasteiger partial charge in [0.05, 0.1) is 5.56 Å². The number of hydrogen-bond acceptors (Lipinski definition) is 2. The van der Waals surface area contributed by atoms with Gasteiger partial charge >= 0.3 is 0 Å². The van der Waals surface area contributed by atoms with Gasteiger partial charge in [-0.1, -0.05) is 18.2 Å². The average molecular weight is 226 g/mol. The molecule has 0 aromatic heterocycles. The van der Waals surface area contributed by atoms with Crippen LogP contribution >= 0.6 is 11.6 Å². The highest BCUT2D eigenvalue weighted by Gasteiger charge is 2.06. The fourth-order valence-corrected chi connectivity index (χ4v) is 1.26. The number of primary amides is 1. The summed E-state index contributed by atoms with van der Waals surface area (Å²) in [5.41, 5.74) is 6.03. The van der Waals surface area contributed by atoms with Gasteiger partial charge in [-0.15, -0.1) is 11.6 Å². The van der Waals surface area contributed by atoms with Crippen LogP contribution in [-0.2, 0) is 0 Å². The average Bonchev–Trinajstić information content (AvgIpc) is 2.20. The molecule has 0 saturated carbocycles. The van der Waals surface area contributed by atoms with Crippen LogP contribution in [0, 0.1) is 0 Å². The molecule has 1 aromatic rings. The molecule has 0 fully saturated rings. The molecule has 0 aliphatic rings. The number of rotatable bonds is 4. The first kappa shape index (κ1) is 11.6. The molecular weight excluding hydrogens is 214 g/mol. The van der Waals surface area contributed by atoms with Crippen LogP contribution < -0.4 is 5.73 Å². The standard InChI is InChI=1S/C11H12ClNO2/c12-6-2-1-3-8-4-5-10(14)9(7-8)11(13)15/h1,3-5,7,14H,2,6H2,(H2,13,15). The molecule has 0 saturated heterocycles. The zero-order valence-corrected chi connectivity index (χ0v) is 8.87. The van der Waals surface area contributed by atoms with Gasteiger partial charge in [0.25, 0.3) is 5.91 Å². The van der Waals surface area contributed by atoms with E-state index in [2.05, 4.69) is 0 Å². The lowest BCUT2D eigenvalue weighted by Gasteiger charge is -2.01. The molecule has 1 amide bonds. The van der Waals surface area contributed by atoms with Crippen molar-refractivity contribution in [2.24, 2.45) is 5.73 Å². The van der Waals surface area contributed by atoms with Crippen molar-refractivity contribution in [3.8, 4) is 5.75 Å². The SMILES string of the molecule is NC(=O)c1cc(C=CCCCl)ccc1O. The number of halogens is 1. The Bertz CT molecular complexity index is 388. The molecule has 4 heteroatoms. The third-order valence-corrected chi connectivity index (χ3v) is 2.09. The maximum Gasteiger partial charge on any atom is 0.252 e. The first-order chi connectivity index (χ1) is 7.15. The predicted molar refractivity (Wildman–Crippen MR) is 61.0 cm³/mol. The van der Waals surface area contributed by atoms with Crippen LogP contribution in [0.5, 0.6) is 5.75 Å². The molecule has 80 valence electrons. The van der Waals surface area contributed by atoms with Crippen molar-refractivity contribution in [3.63, 3.8) is 0 Å². The fraction of sp³-hybridized carbons (Fsp3) is 0.182. The number of benzene rings is 1. The Balaban J connectivity index is 2.92. The predicted octanol–water partition coefficient (Wildman–Crippen LogP) is 2.13. The van der Waals surface area contributed by atoms with E-state index < -0.39 is 5.91 Å². The Labute approximate surface area is 93.2 Å². The summed E-state index contributed by atoms with van der Waals surface area (Å²) in [6.07, 6.45) is 4.48. The highest BCUT2D eigenvalue weighted by molar-refractivity contribution is 6.17. The molecule has 0 aliphatic heterocycles. The highest BCUT2D eigenvalue weighted by Crippen LogP contribution is 2.18. The topological polar surface area (TPSA) is 63.3 Å². The van der Waals surface area contributed by atoms with Crippen molar-refractivity contribution in [1.82, 2.24) is 0 Å². The smallest absolute Gasteiger partial charge is 0.252 e. The number of carbonyl (C=O) groups excluding carboxylic acids is 1. The van der Waals surface area contributed by atoms with Gasteiger partial charge in [0.2, 0.25) is 0 Å². The van der Waals surface area contributed by atoms with Gasteiger partial charge in [-0.3, -0.25) is 4.79 Å². The van der Waals surface area contributed by atoms with Crippen molar-refractivity contribution < 1.29 is 9.90 Å². The Hall–Kier alpha value is -1.48. The van der Waals surface area contributed by atoms with Crippen LogP contribution in [0.25, 0.3) is 6.08 Å². The molecule has 0 aliphatic carbocycles. The summed E-state index contributed by atoms with van der Waals surface area (Å²) in [5, 5.41) is 9.33. The summed E-state index contributed by atoms with van der Waals surface area (Å²) in [4.78, 5) is 10.9. The highest BCUT2D eigenvalue weighted by atomic mass is 35.5. The minimum atomic E-state index is -0.639. The number of hydrogen-bond donors (Lipinski definition) is 2. The number of aromatic hydroxyl groups is 1. The molecule has 1 rings (SSSR count). The Kier molecular flexibility index (Phi) is 4.18. The van der Waals surface area contributed by atoms with Crippen LogP contribution in [0.4, 0.5) is 0 Å². The number of phenols is 1. The lowest BCUT2D eigenvalue weighted by Crippen LogP contribution is -2.11. The second-order valence-electron chi connectivity index (χ2n) is 3.02. The van der Waals surface area contributed by atoms with Gasteiger partial charge in [-0.05, 0) is 24.1 Å². The van der Waals surface area contributed by atoms with Crippen LogP contribution in [0.3, 0.4) is 0 Å². The molecule has 3 N–H and O–H groups in total. The largest absolute Gasteiger partial charge is 0.507 e. The van der Waals surface area contributed by atoms with Crippen LogP contribution in [-0.4, -0.2) is 16.9 Å². The number of nitrogens with two attached hydrogens (primary N) is 1. The second-order valence-corrected chi connectivity index (χ2v) is 3.40. The van der Waals surface area contributed by atoms with Gasteiger partial charge < -0.3 is 10.8 Å². The third-order valence-electron chi connectivity index (χ3n) is 1.87. The van der Waals surface area contributed by atoms with E-state index in [1.54, 1.807) is 12.1 Å². The molecule has 1 aromatic carbocycles. The Morgan fingerprint density at radius 3 is 2.87 bits per heavy atom. The van der Waals surface area contributed by atoms with Crippen molar-refractivity contribution >= 4 is 23.6 Å². The Morgan fingerprint density at radius 2 is 2.27 bits per heavy atom. The van der Waals surface area contributed by atoms with Crippen molar-refractivity contribution in [1.29, 1.82) is 0 Å². The summed E-state index contributed by atoms with van der Waals surface area (Å²) >= 11 is 5.51. The number of alkyl halides is 1. The Morgan fingerprint density at radius 1 is 1.53 bits per heavy atom. The monoisotopic (exact) mass is 225 g/mol. The second kappa shape index (κ2) is 5.41. The van der Waals surface area contributed by atoms with Gasteiger partial charge in [-0.25, -0.2) is 0 Å². The number of amides is 1. The summed E-state index contributed by atoms with van der Waals surface area (Å²) < 4.78 is 0. The van der Waals surface area contributed by atoms with Crippen LogP contribution in [0.2, 0.25) is 0 Å². The van der Waals surface area contributed by atoms with Crippen LogP contribution in [0.15, 0.2) is 24.3 Å². The van der Waals surface area contributed by atoms with Crippen molar-refractivity contribution in [2.45, 2.75) is 6.42 Å². The molecule has 0 spiro atoms. The van der Waals surface area contributed by atoms with Gasteiger partial charge in [-0.2, -0.15) is 0 Å². The molecule has 0 heterocycles. The van der Waals surface area contributed by atoms with Crippen molar-refractivity contribution in [3.05, 3.63) is 35.4 Å². The summed E-state index contributed by atoms with van der Waals surface area (Å²) in [6, 6.07) is 4.69.